The fraction of sp³-hybridized carbons (Fsp3) is 0.429. The highest BCUT2D eigenvalue weighted by molar-refractivity contribution is 6.34. The van der Waals surface area contributed by atoms with Crippen molar-refractivity contribution in [3.63, 3.8) is 0 Å². The highest BCUT2D eigenvalue weighted by Gasteiger charge is 2.31. The summed E-state index contributed by atoms with van der Waals surface area (Å²) in [5.41, 5.74) is 1.79. The number of carbonyl (C=O) groups is 1. The van der Waals surface area contributed by atoms with Crippen molar-refractivity contribution in [2.45, 2.75) is 39.8 Å². The quantitative estimate of drug-likeness (QED) is 0.547. The molecule has 1 aliphatic rings. The van der Waals surface area contributed by atoms with Gasteiger partial charge in [-0.2, -0.15) is 4.98 Å². The highest BCUT2D eigenvalue weighted by Crippen LogP contribution is 2.33. The Morgan fingerprint density at radius 1 is 1.26 bits per heavy atom. The lowest BCUT2D eigenvalue weighted by atomic mass is 10.1. The molecule has 0 radical (unpaired) electrons. The molecule has 0 atom stereocenters. The Balaban J connectivity index is 1.72. The number of hydrogen-bond acceptors (Lipinski definition) is 6. The van der Waals surface area contributed by atoms with Gasteiger partial charge >= 0.3 is 0 Å². The van der Waals surface area contributed by atoms with E-state index in [1.54, 1.807) is 17.9 Å². The molecule has 0 saturated heterocycles. The molecule has 0 aliphatic carbocycles. The lowest BCUT2D eigenvalue weighted by Crippen LogP contribution is -2.25. The average Bonchev–Trinajstić information content (AvgIpc) is 3.34. The molecule has 31 heavy (non-hydrogen) atoms. The number of rotatable bonds is 7. The first-order valence-electron chi connectivity index (χ1n) is 10.3. The van der Waals surface area contributed by atoms with Gasteiger partial charge in [-0.05, 0) is 38.1 Å². The summed E-state index contributed by atoms with van der Waals surface area (Å²) in [7, 11) is 1.63. The van der Waals surface area contributed by atoms with Crippen molar-refractivity contribution in [2.75, 3.05) is 20.1 Å². The summed E-state index contributed by atoms with van der Waals surface area (Å²) in [6.07, 6.45) is 3.65. The molecule has 0 unspecified atom stereocenters. The van der Waals surface area contributed by atoms with Crippen LogP contribution in [0.15, 0.2) is 23.0 Å². The number of imidazole rings is 1. The Morgan fingerprint density at radius 3 is 2.71 bits per heavy atom. The highest BCUT2D eigenvalue weighted by atomic mass is 35.5. The second-order valence-electron chi connectivity index (χ2n) is 7.61. The maximum Gasteiger partial charge on any atom is 0.257 e. The van der Waals surface area contributed by atoms with Crippen LogP contribution in [0, 0.1) is 5.82 Å². The van der Waals surface area contributed by atoms with Crippen molar-refractivity contribution in [2.24, 2.45) is 0 Å². The summed E-state index contributed by atoms with van der Waals surface area (Å²) in [5.74, 6) is -0.133. The zero-order valence-electron chi connectivity index (χ0n) is 17.7. The largest absolute Gasteiger partial charge is 0.337 e. The molecule has 0 N–H and O–H groups in total. The minimum Gasteiger partial charge on any atom is -0.337 e. The summed E-state index contributed by atoms with van der Waals surface area (Å²) in [6, 6.07) is 2.77. The van der Waals surface area contributed by atoms with Crippen LogP contribution in [-0.2, 0) is 13.1 Å². The molecular weight excluding hydrogens is 423 g/mol. The molecule has 10 heteroatoms. The van der Waals surface area contributed by atoms with Crippen LogP contribution in [-0.4, -0.2) is 55.5 Å². The molecule has 0 spiro atoms. The standard InChI is InChI=1S/C21H24ClFN6O2/c1-4-8-28(9-5-2)11-16-25-20(26-31-16)19-15-10-27(3)21(30)17-14(29(15)12-24-19)7-6-13(23)18(17)22/h6-7,12H,4-5,8-11H2,1-3H3. The van der Waals surface area contributed by atoms with Gasteiger partial charge in [-0.1, -0.05) is 30.6 Å². The molecular formula is C21H24ClFN6O2. The van der Waals surface area contributed by atoms with Gasteiger partial charge in [0.05, 0.1) is 35.1 Å². The van der Waals surface area contributed by atoms with Crippen LogP contribution in [0.5, 0.6) is 0 Å². The predicted octanol–water partition coefficient (Wildman–Crippen LogP) is 3.92. The van der Waals surface area contributed by atoms with E-state index in [4.69, 9.17) is 16.1 Å². The van der Waals surface area contributed by atoms with Gasteiger partial charge in [0.25, 0.3) is 5.91 Å². The Morgan fingerprint density at radius 2 is 2.00 bits per heavy atom. The van der Waals surface area contributed by atoms with E-state index < -0.39 is 5.82 Å². The van der Waals surface area contributed by atoms with Gasteiger partial charge in [0.2, 0.25) is 11.7 Å². The molecule has 1 aromatic carbocycles. The van der Waals surface area contributed by atoms with Crippen LogP contribution in [0.4, 0.5) is 4.39 Å². The Bertz CT molecular complexity index is 1110. The van der Waals surface area contributed by atoms with Gasteiger partial charge in [0.1, 0.15) is 17.8 Å². The van der Waals surface area contributed by atoms with E-state index in [1.165, 1.54) is 17.0 Å². The Kier molecular flexibility index (Phi) is 6.06. The minimum absolute atomic E-state index is 0.107. The summed E-state index contributed by atoms with van der Waals surface area (Å²) in [6.45, 7) is 6.98. The lowest BCUT2D eigenvalue weighted by molar-refractivity contribution is 0.0788. The third-order valence-corrected chi connectivity index (χ3v) is 5.63. The van der Waals surface area contributed by atoms with Crippen molar-refractivity contribution in [3.05, 3.63) is 46.4 Å². The van der Waals surface area contributed by atoms with Crippen molar-refractivity contribution in [1.82, 2.24) is 29.5 Å². The number of halogens is 2. The molecule has 1 aliphatic heterocycles. The molecule has 3 heterocycles. The van der Waals surface area contributed by atoms with E-state index in [1.807, 2.05) is 0 Å². The van der Waals surface area contributed by atoms with E-state index in [2.05, 4.69) is 33.9 Å². The third-order valence-electron chi connectivity index (χ3n) is 5.26. The van der Waals surface area contributed by atoms with Crippen molar-refractivity contribution in [3.8, 4) is 17.2 Å². The first-order valence-corrected chi connectivity index (χ1v) is 10.7. The molecule has 2 aromatic heterocycles. The van der Waals surface area contributed by atoms with Gasteiger partial charge in [-0.25, -0.2) is 9.37 Å². The minimum atomic E-state index is -0.641. The maximum absolute atomic E-state index is 14.0. The first-order chi connectivity index (χ1) is 14.9. The van der Waals surface area contributed by atoms with Crippen LogP contribution in [0.3, 0.4) is 0 Å². The molecule has 1 amide bonds. The number of hydrogen-bond donors (Lipinski definition) is 0. The van der Waals surface area contributed by atoms with Gasteiger partial charge in [0, 0.05) is 7.05 Å². The number of carbonyl (C=O) groups excluding carboxylic acids is 1. The smallest absolute Gasteiger partial charge is 0.257 e. The number of benzene rings is 1. The number of nitrogens with zero attached hydrogens (tertiary/aromatic N) is 6. The van der Waals surface area contributed by atoms with Crippen molar-refractivity contribution in [1.29, 1.82) is 0 Å². The zero-order valence-corrected chi connectivity index (χ0v) is 18.5. The van der Waals surface area contributed by atoms with Gasteiger partial charge in [0.15, 0.2) is 0 Å². The monoisotopic (exact) mass is 446 g/mol. The van der Waals surface area contributed by atoms with Crippen molar-refractivity contribution >= 4 is 17.5 Å². The van der Waals surface area contributed by atoms with Gasteiger partial charge in [-0.3, -0.25) is 14.3 Å². The second kappa shape index (κ2) is 8.76. The fourth-order valence-electron chi connectivity index (χ4n) is 3.86. The van der Waals surface area contributed by atoms with Crippen LogP contribution in [0.2, 0.25) is 5.02 Å². The zero-order chi connectivity index (χ0) is 22.1. The average molecular weight is 447 g/mol. The third kappa shape index (κ3) is 3.95. The molecule has 0 saturated carbocycles. The Hall–Kier alpha value is -2.78. The molecule has 0 bridgehead atoms. The fourth-order valence-corrected chi connectivity index (χ4v) is 4.10. The van der Waals surface area contributed by atoms with Gasteiger partial charge in [-0.15, -0.1) is 0 Å². The summed E-state index contributed by atoms with van der Waals surface area (Å²) in [5, 5.41) is 3.92. The SMILES string of the molecule is CCCN(CCC)Cc1nc(-c2ncn3c2CN(C)C(=O)c2c-3ccc(F)c2Cl)no1. The Labute approximate surface area is 184 Å². The molecule has 164 valence electrons. The normalized spacial score (nSPS) is 13.5. The van der Waals surface area contributed by atoms with Crippen LogP contribution >= 0.6 is 11.6 Å². The van der Waals surface area contributed by atoms with Crippen molar-refractivity contribution < 1.29 is 13.7 Å². The van der Waals surface area contributed by atoms with E-state index in [0.29, 0.717) is 35.3 Å². The van der Waals surface area contributed by atoms with E-state index >= 15 is 0 Å². The summed E-state index contributed by atoms with van der Waals surface area (Å²) < 4.78 is 21.3. The predicted molar refractivity (Wildman–Crippen MR) is 113 cm³/mol. The van der Waals surface area contributed by atoms with Crippen LogP contribution in [0.25, 0.3) is 17.2 Å². The topological polar surface area (TPSA) is 80.3 Å². The lowest BCUT2D eigenvalue weighted by Gasteiger charge is -2.18. The van der Waals surface area contributed by atoms with Crippen LogP contribution < -0.4 is 0 Å². The maximum atomic E-state index is 14.0. The summed E-state index contributed by atoms with van der Waals surface area (Å²) >= 11 is 6.14. The number of amides is 1. The number of fused-ring (bicyclic) bond motifs is 3. The summed E-state index contributed by atoms with van der Waals surface area (Å²) in [4.78, 5) is 25.6. The second-order valence-corrected chi connectivity index (χ2v) is 7.99. The van der Waals surface area contributed by atoms with Crippen LogP contribution in [0.1, 0.15) is 48.6 Å². The molecule has 4 rings (SSSR count). The van der Waals surface area contributed by atoms with E-state index in [-0.39, 0.29) is 23.0 Å². The number of aromatic nitrogens is 4. The molecule has 3 aromatic rings. The first kappa shape index (κ1) is 21.5. The van der Waals surface area contributed by atoms with Gasteiger partial charge < -0.3 is 9.42 Å². The molecule has 0 fully saturated rings. The molecule has 8 nitrogen and oxygen atoms in total. The van der Waals surface area contributed by atoms with E-state index in [9.17, 15) is 9.18 Å². The van der Waals surface area contributed by atoms with E-state index in [0.717, 1.165) is 25.9 Å².